The molecule has 1 aliphatic rings. The minimum Gasteiger partial charge on any atom is -0.486 e. The first-order chi connectivity index (χ1) is 11.4. The second kappa shape index (κ2) is 8.72. The van der Waals surface area contributed by atoms with E-state index in [-0.39, 0.29) is 17.7 Å². The van der Waals surface area contributed by atoms with Gasteiger partial charge in [-0.1, -0.05) is 24.9 Å². The van der Waals surface area contributed by atoms with Crippen LogP contribution in [0.2, 0.25) is 5.02 Å². The molecule has 5 nitrogen and oxygen atoms in total. The van der Waals surface area contributed by atoms with Crippen molar-refractivity contribution in [3.8, 4) is 11.5 Å². The smallest absolute Gasteiger partial charge is 0.235 e. The molecule has 1 aliphatic heterocycles. The molecule has 0 aromatic heterocycles. The van der Waals surface area contributed by atoms with E-state index in [1.54, 1.807) is 19.1 Å². The molecule has 1 amide bonds. The van der Waals surface area contributed by atoms with Crippen molar-refractivity contribution >= 4 is 28.3 Å². The summed E-state index contributed by atoms with van der Waals surface area (Å²) in [6.45, 7) is 6.63. The molecule has 1 aromatic carbocycles. The lowest BCUT2D eigenvalue weighted by Gasteiger charge is -2.21. The molecule has 0 saturated heterocycles. The summed E-state index contributed by atoms with van der Waals surface area (Å²) >= 11 is 6.19. The molecule has 3 atom stereocenters. The van der Waals surface area contributed by atoms with E-state index in [2.05, 4.69) is 12.2 Å². The van der Waals surface area contributed by atoms with Crippen LogP contribution in [0.15, 0.2) is 12.1 Å². The first kappa shape index (κ1) is 19.1. The van der Waals surface area contributed by atoms with Gasteiger partial charge in [0.15, 0.2) is 11.5 Å². The maximum Gasteiger partial charge on any atom is 0.235 e. The fraction of sp³-hybridized carbons (Fsp3) is 0.588. The van der Waals surface area contributed by atoms with Crippen LogP contribution in [-0.2, 0) is 21.3 Å². The molecule has 0 aliphatic carbocycles. The molecule has 1 heterocycles. The van der Waals surface area contributed by atoms with E-state index in [0.29, 0.717) is 29.7 Å². The Hall–Kier alpha value is -1.27. The number of ether oxygens (including phenoxy) is 2. The third-order valence-corrected chi connectivity index (χ3v) is 5.74. The van der Waals surface area contributed by atoms with E-state index in [9.17, 15) is 9.00 Å². The molecule has 0 radical (unpaired) electrons. The van der Waals surface area contributed by atoms with Crippen LogP contribution in [0.25, 0.3) is 0 Å². The van der Waals surface area contributed by atoms with Gasteiger partial charge in [-0.2, -0.15) is 0 Å². The van der Waals surface area contributed by atoms with Crippen molar-refractivity contribution in [2.75, 3.05) is 13.2 Å². The van der Waals surface area contributed by atoms with Gasteiger partial charge in [-0.15, -0.1) is 0 Å². The third-order valence-electron chi connectivity index (χ3n) is 3.84. The quantitative estimate of drug-likeness (QED) is 0.797. The molecular formula is C17H24ClNO4S. The minimum absolute atomic E-state index is 0.0886. The van der Waals surface area contributed by atoms with Crippen molar-refractivity contribution < 1.29 is 18.5 Å². The number of carbonyl (C=O) groups excluding carboxylic acids is 1. The minimum atomic E-state index is -1.34. The van der Waals surface area contributed by atoms with Gasteiger partial charge in [0.1, 0.15) is 18.5 Å². The summed E-state index contributed by atoms with van der Waals surface area (Å²) in [7, 11) is -1.34. The lowest BCUT2D eigenvalue weighted by Crippen LogP contribution is -2.40. The van der Waals surface area contributed by atoms with Gasteiger partial charge in [-0.3, -0.25) is 9.00 Å². The number of amides is 1. The Morgan fingerprint density at radius 3 is 2.75 bits per heavy atom. The highest BCUT2D eigenvalue weighted by Crippen LogP contribution is 2.38. The average Bonchev–Trinajstić information content (AvgIpc) is 2.54. The molecule has 0 spiro atoms. The molecule has 134 valence electrons. The largest absolute Gasteiger partial charge is 0.486 e. The number of hydrogen-bond acceptors (Lipinski definition) is 4. The summed E-state index contributed by atoms with van der Waals surface area (Å²) in [5, 5.41) is 2.76. The molecule has 24 heavy (non-hydrogen) atoms. The monoisotopic (exact) mass is 373 g/mol. The van der Waals surface area contributed by atoms with Crippen LogP contribution in [-0.4, -0.2) is 34.6 Å². The standard InChI is InChI=1S/C17H24ClNO4S/c1-4-5-11(2)19-17(20)12(3)24(21)10-13-8-14(18)16-15(9-13)22-6-7-23-16/h8-9,11-12H,4-7,10H2,1-3H3,(H,19,20). The van der Waals surface area contributed by atoms with Crippen LogP contribution in [0, 0.1) is 0 Å². The Morgan fingerprint density at radius 2 is 2.04 bits per heavy atom. The van der Waals surface area contributed by atoms with Gasteiger partial charge in [-0.25, -0.2) is 0 Å². The number of carbonyl (C=O) groups is 1. The van der Waals surface area contributed by atoms with E-state index < -0.39 is 16.0 Å². The van der Waals surface area contributed by atoms with Crippen molar-refractivity contribution in [3.05, 3.63) is 22.7 Å². The molecule has 3 unspecified atom stereocenters. The number of hydrogen-bond donors (Lipinski definition) is 1. The van der Waals surface area contributed by atoms with E-state index >= 15 is 0 Å². The Bertz CT molecular complexity index is 623. The second-order valence-electron chi connectivity index (χ2n) is 5.97. The van der Waals surface area contributed by atoms with Crippen molar-refractivity contribution in [1.29, 1.82) is 0 Å². The molecular weight excluding hydrogens is 350 g/mol. The molecule has 0 fully saturated rings. The number of fused-ring (bicyclic) bond motifs is 1. The number of benzene rings is 1. The molecule has 1 N–H and O–H groups in total. The van der Waals surface area contributed by atoms with Gasteiger partial charge in [0.25, 0.3) is 0 Å². The van der Waals surface area contributed by atoms with Crippen molar-refractivity contribution in [2.24, 2.45) is 0 Å². The summed E-state index contributed by atoms with van der Waals surface area (Å²) in [4.78, 5) is 12.2. The summed E-state index contributed by atoms with van der Waals surface area (Å²) in [5.41, 5.74) is 0.767. The van der Waals surface area contributed by atoms with E-state index in [1.807, 2.05) is 6.92 Å². The molecule has 0 bridgehead atoms. The van der Waals surface area contributed by atoms with Gasteiger partial charge in [0, 0.05) is 22.6 Å². The highest BCUT2D eigenvalue weighted by molar-refractivity contribution is 7.85. The van der Waals surface area contributed by atoms with Crippen molar-refractivity contribution in [1.82, 2.24) is 5.32 Å². The molecule has 2 rings (SSSR count). The van der Waals surface area contributed by atoms with Crippen LogP contribution in [0.1, 0.15) is 39.2 Å². The topological polar surface area (TPSA) is 64.6 Å². The first-order valence-electron chi connectivity index (χ1n) is 8.18. The van der Waals surface area contributed by atoms with Crippen LogP contribution >= 0.6 is 11.6 Å². The maximum atomic E-state index is 12.5. The van der Waals surface area contributed by atoms with Crippen LogP contribution in [0.5, 0.6) is 11.5 Å². The summed E-state index contributed by atoms with van der Waals surface area (Å²) in [6.07, 6.45) is 1.90. The molecule has 1 aromatic rings. The lowest BCUT2D eigenvalue weighted by atomic mass is 10.2. The Kier molecular flexibility index (Phi) is 6.92. The summed E-state index contributed by atoms with van der Waals surface area (Å²) in [5.74, 6) is 1.15. The highest BCUT2D eigenvalue weighted by Gasteiger charge is 2.23. The maximum absolute atomic E-state index is 12.5. The van der Waals surface area contributed by atoms with Gasteiger partial charge >= 0.3 is 0 Å². The van der Waals surface area contributed by atoms with Gasteiger partial charge in [-0.05, 0) is 38.0 Å². The van der Waals surface area contributed by atoms with Gasteiger partial charge < -0.3 is 14.8 Å². The van der Waals surface area contributed by atoms with Crippen LogP contribution in [0.4, 0.5) is 0 Å². The zero-order chi connectivity index (χ0) is 17.7. The summed E-state index contributed by atoms with van der Waals surface area (Å²) < 4.78 is 23.5. The van der Waals surface area contributed by atoms with Crippen molar-refractivity contribution in [2.45, 2.75) is 50.7 Å². The Labute approximate surface area is 150 Å². The average molecular weight is 374 g/mol. The van der Waals surface area contributed by atoms with Crippen LogP contribution in [0.3, 0.4) is 0 Å². The van der Waals surface area contributed by atoms with Crippen molar-refractivity contribution in [3.63, 3.8) is 0 Å². The summed E-state index contributed by atoms with van der Waals surface area (Å²) in [6, 6.07) is 3.59. The number of rotatable bonds is 7. The second-order valence-corrected chi connectivity index (χ2v) is 8.13. The zero-order valence-electron chi connectivity index (χ0n) is 14.3. The predicted octanol–water partition coefficient (Wildman–Crippen LogP) is 3.05. The fourth-order valence-corrected chi connectivity index (χ4v) is 3.86. The van der Waals surface area contributed by atoms with Crippen LogP contribution < -0.4 is 14.8 Å². The predicted molar refractivity (Wildman–Crippen MR) is 96.3 cm³/mol. The third kappa shape index (κ3) is 4.86. The van der Waals surface area contributed by atoms with E-state index in [0.717, 1.165) is 18.4 Å². The Morgan fingerprint density at radius 1 is 1.33 bits per heavy atom. The van der Waals surface area contributed by atoms with E-state index in [1.165, 1.54) is 0 Å². The lowest BCUT2D eigenvalue weighted by molar-refractivity contribution is -0.121. The first-order valence-corrected chi connectivity index (χ1v) is 9.94. The highest BCUT2D eigenvalue weighted by atomic mass is 35.5. The van der Waals surface area contributed by atoms with Gasteiger partial charge in [0.2, 0.25) is 5.91 Å². The number of nitrogens with one attached hydrogen (secondary N) is 1. The zero-order valence-corrected chi connectivity index (χ0v) is 15.8. The number of halogens is 1. The molecule has 7 heteroatoms. The van der Waals surface area contributed by atoms with E-state index in [4.69, 9.17) is 21.1 Å². The fourth-order valence-electron chi connectivity index (χ4n) is 2.52. The Balaban J connectivity index is 2.01. The normalized spacial score (nSPS) is 17.0. The molecule has 0 saturated carbocycles. The SMILES string of the molecule is CCCC(C)NC(=O)C(C)S(=O)Cc1cc(Cl)c2c(c1)OCCO2. The van der Waals surface area contributed by atoms with Gasteiger partial charge in [0.05, 0.1) is 5.02 Å².